The van der Waals surface area contributed by atoms with Crippen molar-refractivity contribution < 1.29 is 14.3 Å². The fourth-order valence-corrected chi connectivity index (χ4v) is 3.18. The number of hydrogen-bond donors (Lipinski definition) is 0. The molecule has 0 radical (unpaired) electrons. The number of rotatable bonds is 0. The van der Waals surface area contributed by atoms with Crippen LogP contribution in [0.1, 0.15) is 25.7 Å². The largest absolute Gasteiger partial charge is 0.347 e. The zero-order valence-electron chi connectivity index (χ0n) is 7.62. The van der Waals surface area contributed by atoms with E-state index >= 15 is 0 Å². The maximum atomic E-state index is 11.4. The third kappa shape index (κ3) is 0.945. The van der Waals surface area contributed by atoms with E-state index in [1.165, 1.54) is 0 Å². The van der Waals surface area contributed by atoms with Crippen molar-refractivity contribution in [2.75, 3.05) is 13.2 Å². The highest BCUT2D eigenvalue weighted by Crippen LogP contribution is 2.52. The number of ketones is 1. The summed E-state index contributed by atoms with van der Waals surface area (Å²) in [5.41, 5.74) is 0. The molecule has 0 aromatic rings. The molecule has 3 aliphatic rings. The molecule has 1 spiro atoms. The van der Waals surface area contributed by atoms with Crippen LogP contribution in [0.4, 0.5) is 0 Å². The molecule has 72 valence electrons. The van der Waals surface area contributed by atoms with Crippen molar-refractivity contribution in [2.24, 2.45) is 11.8 Å². The minimum atomic E-state index is -0.339. The molecule has 3 fully saturated rings. The fraction of sp³-hybridized carbons (Fsp3) is 0.900. The Morgan fingerprint density at radius 1 is 1.08 bits per heavy atom. The van der Waals surface area contributed by atoms with E-state index in [1.807, 2.05) is 0 Å². The summed E-state index contributed by atoms with van der Waals surface area (Å²) >= 11 is 0. The highest BCUT2D eigenvalue weighted by molar-refractivity contribution is 5.80. The molecule has 0 aromatic heterocycles. The van der Waals surface area contributed by atoms with E-state index < -0.39 is 0 Å². The minimum Gasteiger partial charge on any atom is -0.347 e. The van der Waals surface area contributed by atoms with Gasteiger partial charge in [-0.3, -0.25) is 4.79 Å². The van der Waals surface area contributed by atoms with Crippen molar-refractivity contribution in [3.63, 3.8) is 0 Å². The maximum absolute atomic E-state index is 11.4. The van der Waals surface area contributed by atoms with E-state index in [1.54, 1.807) is 0 Å². The normalized spacial score (nSPS) is 41.7. The van der Waals surface area contributed by atoms with Gasteiger partial charge >= 0.3 is 0 Å². The Bertz CT molecular complexity index is 225. The van der Waals surface area contributed by atoms with Gasteiger partial charge in [-0.2, -0.15) is 0 Å². The molecule has 2 atom stereocenters. The van der Waals surface area contributed by atoms with Crippen LogP contribution in [0.15, 0.2) is 0 Å². The van der Waals surface area contributed by atoms with Crippen LogP contribution in [0.5, 0.6) is 0 Å². The molecule has 0 unspecified atom stereocenters. The van der Waals surface area contributed by atoms with E-state index in [2.05, 4.69) is 0 Å². The lowest BCUT2D eigenvalue weighted by Crippen LogP contribution is -2.46. The van der Waals surface area contributed by atoms with Crippen LogP contribution in [0, 0.1) is 11.8 Å². The SMILES string of the molecule is O=C1C[C@H]2CC[C@@H](C1)C21OCCO1. The van der Waals surface area contributed by atoms with Crippen LogP contribution >= 0.6 is 0 Å². The topological polar surface area (TPSA) is 35.5 Å². The lowest BCUT2D eigenvalue weighted by Gasteiger charge is -2.37. The van der Waals surface area contributed by atoms with Gasteiger partial charge in [0.05, 0.1) is 13.2 Å². The Balaban J connectivity index is 1.93. The molecular weight excluding hydrogens is 168 g/mol. The van der Waals surface area contributed by atoms with Gasteiger partial charge in [0.15, 0.2) is 5.79 Å². The smallest absolute Gasteiger partial charge is 0.174 e. The molecule has 3 rings (SSSR count). The van der Waals surface area contributed by atoms with Gasteiger partial charge in [0.25, 0.3) is 0 Å². The van der Waals surface area contributed by atoms with Gasteiger partial charge < -0.3 is 9.47 Å². The summed E-state index contributed by atoms with van der Waals surface area (Å²) in [6.07, 6.45) is 3.57. The average molecular weight is 182 g/mol. The van der Waals surface area contributed by atoms with Crippen LogP contribution in [0.3, 0.4) is 0 Å². The van der Waals surface area contributed by atoms with Crippen LogP contribution in [0.25, 0.3) is 0 Å². The highest BCUT2D eigenvalue weighted by atomic mass is 16.7. The lowest BCUT2D eigenvalue weighted by atomic mass is 9.82. The molecule has 2 bridgehead atoms. The van der Waals surface area contributed by atoms with Crippen molar-refractivity contribution in [1.82, 2.24) is 0 Å². The Kier molecular flexibility index (Phi) is 1.56. The number of hydrogen-bond acceptors (Lipinski definition) is 3. The fourth-order valence-electron chi connectivity index (χ4n) is 3.18. The molecule has 0 amide bonds. The van der Waals surface area contributed by atoms with Gasteiger partial charge in [-0.25, -0.2) is 0 Å². The first-order valence-electron chi connectivity index (χ1n) is 5.11. The summed E-state index contributed by atoms with van der Waals surface area (Å²) in [7, 11) is 0. The van der Waals surface area contributed by atoms with Crippen LogP contribution < -0.4 is 0 Å². The molecule has 0 N–H and O–H groups in total. The van der Waals surface area contributed by atoms with E-state index in [-0.39, 0.29) is 5.79 Å². The van der Waals surface area contributed by atoms with E-state index in [0.717, 1.165) is 12.8 Å². The standard InChI is InChI=1S/C10H14O3/c11-9-5-7-1-2-8(6-9)10(7)12-3-4-13-10/h7-8H,1-6H2/t7-,8+. The molecule has 2 saturated carbocycles. The molecule has 0 aromatic carbocycles. The third-order valence-corrected chi connectivity index (χ3v) is 3.69. The van der Waals surface area contributed by atoms with Crippen molar-refractivity contribution in [2.45, 2.75) is 31.5 Å². The maximum Gasteiger partial charge on any atom is 0.174 e. The average Bonchev–Trinajstić information content (AvgIpc) is 2.63. The summed E-state index contributed by atoms with van der Waals surface area (Å²) in [4.78, 5) is 11.4. The van der Waals surface area contributed by atoms with Gasteiger partial charge in [0, 0.05) is 24.7 Å². The summed E-state index contributed by atoms with van der Waals surface area (Å²) < 4.78 is 11.5. The predicted octanol–water partition coefficient (Wildman–Crippen LogP) is 1.12. The summed E-state index contributed by atoms with van der Waals surface area (Å²) in [5, 5.41) is 0. The van der Waals surface area contributed by atoms with Crippen LogP contribution in [-0.2, 0) is 14.3 Å². The van der Waals surface area contributed by atoms with Gasteiger partial charge in [-0.15, -0.1) is 0 Å². The van der Waals surface area contributed by atoms with Gasteiger partial charge in [-0.1, -0.05) is 0 Å². The Hall–Kier alpha value is -0.410. The first kappa shape index (κ1) is 7.94. The van der Waals surface area contributed by atoms with Crippen molar-refractivity contribution in [3.8, 4) is 0 Å². The predicted molar refractivity (Wildman–Crippen MR) is 45.1 cm³/mol. The summed E-state index contributed by atoms with van der Waals surface area (Å²) in [5.74, 6) is 0.758. The second-order valence-corrected chi connectivity index (χ2v) is 4.34. The second-order valence-electron chi connectivity index (χ2n) is 4.34. The monoisotopic (exact) mass is 182 g/mol. The van der Waals surface area contributed by atoms with E-state index in [0.29, 0.717) is 43.7 Å². The van der Waals surface area contributed by atoms with Crippen molar-refractivity contribution in [3.05, 3.63) is 0 Å². The molecule has 3 nitrogen and oxygen atoms in total. The third-order valence-electron chi connectivity index (χ3n) is 3.69. The number of carbonyl (C=O) groups is 1. The number of ether oxygens (including phenoxy) is 2. The lowest BCUT2D eigenvalue weighted by molar-refractivity contribution is -0.220. The summed E-state index contributed by atoms with van der Waals surface area (Å²) in [6, 6.07) is 0. The highest BCUT2D eigenvalue weighted by Gasteiger charge is 2.58. The minimum absolute atomic E-state index is 0.339. The Morgan fingerprint density at radius 2 is 1.62 bits per heavy atom. The molecule has 1 aliphatic heterocycles. The Morgan fingerprint density at radius 3 is 2.15 bits per heavy atom. The molecule has 2 aliphatic carbocycles. The Labute approximate surface area is 77.4 Å². The zero-order valence-corrected chi connectivity index (χ0v) is 7.62. The quantitative estimate of drug-likeness (QED) is 0.563. The van der Waals surface area contributed by atoms with Crippen LogP contribution in [0.2, 0.25) is 0 Å². The van der Waals surface area contributed by atoms with Crippen molar-refractivity contribution >= 4 is 5.78 Å². The summed E-state index contributed by atoms with van der Waals surface area (Å²) in [6.45, 7) is 1.42. The van der Waals surface area contributed by atoms with Gasteiger partial charge in [0.2, 0.25) is 0 Å². The molecule has 1 heterocycles. The van der Waals surface area contributed by atoms with E-state index in [9.17, 15) is 4.79 Å². The molecule has 1 saturated heterocycles. The molecular formula is C10H14O3. The number of carbonyl (C=O) groups excluding carboxylic acids is 1. The van der Waals surface area contributed by atoms with Gasteiger partial charge in [0.1, 0.15) is 5.78 Å². The first-order valence-corrected chi connectivity index (χ1v) is 5.11. The second kappa shape index (κ2) is 2.55. The number of Topliss-reactive ketones (excluding diaryl/α,β-unsaturated/α-hetero) is 1. The van der Waals surface area contributed by atoms with E-state index in [4.69, 9.17) is 9.47 Å². The van der Waals surface area contributed by atoms with Gasteiger partial charge in [-0.05, 0) is 12.8 Å². The first-order chi connectivity index (χ1) is 6.31. The molecule has 13 heavy (non-hydrogen) atoms. The molecule has 3 heteroatoms. The van der Waals surface area contributed by atoms with Crippen LogP contribution in [-0.4, -0.2) is 24.8 Å². The zero-order chi connectivity index (χ0) is 8.89. The van der Waals surface area contributed by atoms with Crippen molar-refractivity contribution in [1.29, 1.82) is 0 Å².